The molecule has 0 bridgehead atoms. The Labute approximate surface area is 219 Å². The Morgan fingerprint density at radius 1 is 1.06 bits per heavy atom. The zero-order valence-electron chi connectivity index (χ0n) is 18.0. The van der Waals surface area contributed by atoms with Crippen molar-refractivity contribution in [1.82, 2.24) is 0 Å². The van der Waals surface area contributed by atoms with E-state index >= 15 is 0 Å². The molecule has 2 heterocycles. The lowest BCUT2D eigenvalue weighted by atomic mass is 10.1. The molecule has 4 aromatic rings. The lowest BCUT2D eigenvalue weighted by Gasteiger charge is -2.07. The van der Waals surface area contributed by atoms with Gasteiger partial charge in [-0.3, -0.25) is 0 Å². The van der Waals surface area contributed by atoms with Crippen molar-refractivity contribution in [2.45, 2.75) is 6.92 Å². The molecule has 0 fully saturated rings. The molecule has 0 amide bonds. The minimum absolute atomic E-state index is 0.0323. The maximum atomic E-state index is 13.0. The molecule has 0 saturated heterocycles. The highest BCUT2D eigenvalue weighted by Crippen LogP contribution is 2.37. The SMILES string of the molecule is Cc1ccc2c(Cl)c(C(=O)Oc3ccccc3/C=C3/N=C(c4ccc(Cl)cc4Cl)OC3=O)sc2c1. The van der Waals surface area contributed by atoms with Crippen molar-refractivity contribution in [3.8, 4) is 5.75 Å². The summed E-state index contributed by atoms with van der Waals surface area (Å²) in [4.78, 5) is 30.0. The Hall–Kier alpha value is -3.16. The topological polar surface area (TPSA) is 65.0 Å². The second-order valence-electron chi connectivity index (χ2n) is 7.63. The molecular formula is C26H14Cl3NO4S. The van der Waals surface area contributed by atoms with Crippen LogP contribution in [0.4, 0.5) is 0 Å². The van der Waals surface area contributed by atoms with Crippen LogP contribution in [0.1, 0.15) is 26.4 Å². The molecule has 5 nitrogen and oxygen atoms in total. The van der Waals surface area contributed by atoms with Gasteiger partial charge in [-0.15, -0.1) is 11.3 Å². The Morgan fingerprint density at radius 2 is 1.86 bits per heavy atom. The Kier molecular flexibility index (Phi) is 6.38. The number of para-hydroxylation sites is 1. The molecule has 1 aromatic heterocycles. The fourth-order valence-corrected chi connectivity index (χ4v) is 5.45. The Morgan fingerprint density at radius 3 is 2.66 bits per heavy atom. The van der Waals surface area contributed by atoms with Gasteiger partial charge in [0, 0.05) is 20.7 Å². The number of ether oxygens (including phenoxy) is 2. The van der Waals surface area contributed by atoms with E-state index in [-0.39, 0.29) is 17.3 Å². The Bertz CT molecular complexity index is 1590. The van der Waals surface area contributed by atoms with Crippen molar-refractivity contribution in [1.29, 1.82) is 0 Å². The molecule has 35 heavy (non-hydrogen) atoms. The van der Waals surface area contributed by atoms with Crippen molar-refractivity contribution in [2.75, 3.05) is 0 Å². The van der Waals surface area contributed by atoms with Gasteiger partial charge in [0.25, 0.3) is 0 Å². The van der Waals surface area contributed by atoms with Crippen LogP contribution in [-0.2, 0) is 9.53 Å². The number of thiophene rings is 1. The number of esters is 2. The lowest BCUT2D eigenvalue weighted by Crippen LogP contribution is -2.08. The number of nitrogens with zero attached hydrogens (tertiary/aromatic N) is 1. The zero-order chi connectivity index (χ0) is 24.7. The van der Waals surface area contributed by atoms with Crippen LogP contribution < -0.4 is 4.74 Å². The van der Waals surface area contributed by atoms with E-state index in [9.17, 15) is 9.59 Å². The molecule has 0 radical (unpaired) electrons. The number of fused-ring (bicyclic) bond motifs is 1. The first-order chi connectivity index (χ1) is 16.8. The normalized spacial score (nSPS) is 14.3. The third-order valence-electron chi connectivity index (χ3n) is 5.17. The van der Waals surface area contributed by atoms with E-state index in [2.05, 4.69) is 4.99 Å². The number of hydrogen-bond acceptors (Lipinski definition) is 6. The van der Waals surface area contributed by atoms with Gasteiger partial charge in [-0.2, -0.15) is 0 Å². The molecule has 0 aliphatic carbocycles. The summed E-state index contributed by atoms with van der Waals surface area (Å²) in [6, 6.07) is 17.3. The molecule has 0 atom stereocenters. The first-order valence-electron chi connectivity index (χ1n) is 10.3. The van der Waals surface area contributed by atoms with Gasteiger partial charge in [0.2, 0.25) is 5.90 Å². The molecular weight excluding hydrogens is 529 g/mol. The summed E-state index contributed by atoms with van der Waals surface area (Å²) in [6.07, 6.45) is 1.48. The number of cyclic esters (lactones) is 1. The van der Waals surface area contributed by atoms with Gasteiger partial charge in [-0.05, 0) is 48.9 Å². The minimum atomic E-state index is -0.657. The van der Waals surface area contributed by atoms with Crippen molar-refractivity contribution < 1.29 is 19.1 Å². The first kappa shape index (κ1) is 23.6. The summed E-state index contributed by atoms with van der Waals surface area (Å²) in [5.41, 5.74) is 2.00. The zero-order valence-corrected chi connectivity index (χ0v) is 21.1. The van der Waals surface area contributed by atoms with Gasteiger partial charge in [0.1, 0.15) is 10.6 Å². The fourth-order valence-electron chi connectivity index (χ4n) is 3.48. The number of carbonyl (C=O) groups excluding carboxylic acids is 2. The van der Waals surface area contributed by atoms with E-state index in [1.165, 1.54) is 23.5 Å². The van der Waals surface area contributed by atoms with E-state index in [0.717, 1.165) is 15.6 Å². The predicted octanol–water partition coefficient (Wildman–Crippen LogP) is 7.73. The summed E-state index contributed by atoms with van der Waals surface area (Å²) < 4.78 is 11.9. The third-order valence-corrected chi connectivity index (χ3v) is 7.35. The van der Waals surface area contributed by atoms with Crippen LogP contribution in [0.25, 0.3) is 16.2 Å². The molecule has 3 aromatic carbocycles. The predicted molar refractivity (Wildman–Crippen MR) is 140 cm³/mol. The standard InChI is InChI=1S/C26H14Cl3NO4S/c1-13-6-8-17-21(10-13)35-23(22(17)29)26(32)33-20-5-3-2-4-14(20)11-19-25(31)34-24(30-19)16-9-7-15(27)12-18(16)28/h2-12H,1H3/b19-11+. The monoisotopic (exact) mass is 541 g/mol. The molecule has 174 valence electrons. The van der Waals surface area contributed by atoms with E-state index in [4.69, 9.17) is 44.3 Å². The highest BCUT2D eigenvalue weighted by atomic mass is 35.5. The molecule has 0 spiro atoms. The number of rotatable bonds is 4. The number of aliphatic imine (C=N–C) groups is 1. The van der Waals surface area contributed by atoms with Gasteiger partial charge in [0.05, 0.1) is 15.6 Å². The van der Waals surface area contributed by atoms with Crippen LogP contribution >= 0.6 is 46.1 Å². The van der Waals surface area contributed by atoms with E-state index in [0.29, 0.717) is 31.1 Å². The van der Waals surface area contributed by atoms with E-state index in [1.54, 1.807) is 36.4 Å². The van der Waals surface area contributed by atoms with Crippen LogP contribution in [0.5, 0.6) is 5.75 Å². The second-order valence-corrected chi connectivity index (χ2v) is 9.91. The minimum Gasteiger partial charge on any atom is -0.422 e. The molecule has 0 N–H and O–H groups in total. The van der Waals surface area contributed by atoms with E-state index in [1.807, 2.05) is 25.1 Å². The molecule has 1 aliphatic heterocycles. The average molecular weight is 543 g/mol. The smallest absolute Gasteiger partial charge is 0.363 e. The molecule has 5 rings (SSSR count). The fraction of sp³-hybridized carbons (Fsp3) is 0.0385. The number of halogens is 3. The van der Waals surface area contributed by atoms with E-state index < -0.39 is 11.9 Å². The van der Waals surface area contributed by atoms with Gasteiger partial charge >= 0.3 is 11.9 Å². The first-order valence-corrected chi connectivity index (χ1v) is 12.2. The summed E-state index contributed by atoms with van der Waals surface area (Å²) in [5, 5.41) is 1.89. The highest BCUT2D eigenvalue weighted by Gasteiger charge is 2.26. The summed E-state index contributed by atoms with van der Waals surface area (Å²) in [5.74, 6) is -0.943. The average Bonchev–Trinajstić information content (AvgIpc) is 3.34. The van der Waals surface area contributed by atoms with Crippen molar-refractivity contribution in [3.05, 3.63) is 103 Å². The van der Waals surface area contributed by atoms with Crippen LogP contribution in [0, 0.1) is 6.92 Å². The number of carbonyl (C=O) groups is 2. The van der Waals surface area contributed by atoms with Gasteiger partial charge in [-0.25, -0.2) is 14.6 Å². The maximum Gasteiger partial charge on any atom is 0.363 e. The molecule has 0 saturated carbocycles. The molecule has 1 aliphatic rings. The molecule has 0 unspecified atom stereocenters. The number of benzene rings is 3. The van der Waals surface area contributed by atoms with Crippen LogP contribution in [-0.4, -0.2) is 17.8 Å². The lowest BCUT2D eigenvalue weighted by molar-refractivity contribution is -0.129. The van der Waals surface area contributed by atoms with Gasteiger partial charge in [0.15, 0.2) is 5.70 Å². The maximum absolute atomic E-state index is 13.0. The van der Waals surface area contributed by atoms with Gasteiger partial charge in [-0.1, -0.05) is 65.1 Å². The largest absolute Gasteiger partial charge is 0.422 e. The van der Waals surface area contributed by atoms with Crippen molar-refractivity contribution in [3.63, 3.8) is 0 Å². The number of aryl methyl sites for hydroxylation is 1. The Balaban J connectivity index is 1.46. The van der Waals surface area contributed by atoms with Gasteiger partial charge < -0.3 is 9.47 Å². The molecule has 9 heteroatoms. The second kappa shape index (κ2) is 9.47. The van der Waals surface area contributed by atoms with Crippen LogP contribution in [0.3, 0.4) is 0 Å². The van der Waals surface area contributed by atoms with Crippen molar-refractivity contribution in [2.24, 2.45) is 4.99 Å². The third kappa shape index (κ3) is 4.70. The summed E-state index contributed by atoms with van der Waals surface area (Å²) in [6.45, 7) is 1.97. The van der Waals surface area contributed by atoms with Crippen LogP contribution in [0.15, 0.2) is 71.4 Å². The van der Waals surface area contributed by atoms with Crippen LogP contribution in [0.2, 0.25) is 15.1 Å². The highest BCUT2D eigenvalue weighted by molar-refractivity contribution is 7.21. The quantitative estimate of drug-likeness (QED) is 0.150. The summed E-state index contributed by atoms with van der Waals surface area (Å²) in [7, 11) is 0. The van der Waals surface area contributed by atoms with Crippen molar-refractivity contribution >= 4 is 80.1 Å². The number of hydrogen-bond donors (Lipinski definition) is 0. The summed E-state index contributed by atoms with van der Waals surface area (Å²) >= 11 is 19.9.